The van der Waals surface area contributed by atoms with Gasteiger partial charge in [0.1, 0.15) is 16.4 Å². The minimum Gasteiger partial charge on any atom is -0.493 e. The Bertz CT molecular complexity index is 911. The van der Waals surface area contributed by atoms with Gasteiger partial charge in [-0.2, -0.15) is 0 Å². The second-order valence-electron chi connectivity index (χ2n) is 5.57. The van der Waals surface area contributed by atoms with Crippen molar-refractivity contribution in [1.29, 1.82) is 0 Å². The van der Waals surface area contributed by atoms with Crippen LogP contribution in [-0.4, -0.2) is 21.6 Å². The van der Waals surface area contributed by atoms with E-state index in [1.165, 1.54) is 0 Å². The molecule has 0 unspecified atom stereocenters. The summed E-state index contributed by atoms with van der Waals surface area (Å²) in [6.45, 7) is 0.914. The zero-order valence-electron chi connectivity index (χ0n) is 12.4. The van der Waals surface area contributed by atoms with Gasteiger partial charge in [0, 0.05) is 24.0 Å². The van der Waals surface area contributed by atoms with Gasteiger partial charge in [-0.3, -0.25) is 4.72 Å². The van der Waals surface area contributed by atoms with Gasteiger partial charge in [-0.1, -0.05) is 29.3 Å². The Labute approximate surface area is 149 Å². The first-order chi connectivity index (χ1) is 11.5. The normalized spacial score (nSPS) is 15.4. The average molecular weight is 386 g/mol. The van der Waals surface area contributed by atoms with Crippen molar-refractivity contribution in [3.63, 3.8) is 0 Å². The molecule has 0 spiro atoms. The van der Waals surface area contributed by atoms with Gasteiger partial charge in [0.15, 0.2) is 0 Å². The maximum absolute atomic E-state index is 13.0. The minimum atomic E-state index is -3.90. The fraction of sp³-hybridized carbons (Fsp3) is 0.250. The highest BCUT2D eigenvalue weighted by atomic mass is 35.5. The summed E-state index contributed by atoms with van der Waals surface area (Å²) in [7, 11) is -3.90. The molecule has 0 radical (unpaired) electrons. The molecule has 0 saturated heterocycles. The minimum absolute atomic E-state index is 0.140. The summed E-state index contributed by atoms with van der Waals surface area (Å²) >= 11 is 12.1. The van der Waals surface area contributed by atoms with E-state index < -0.39 is 10.0 Å². The van der Waals surface area contributed by atoms with E-state index in [0.29, 0.717) is 43.1 Å². The number of halogens is 2. The van der Waals surface area contributed by atoms with Crippen LogP contribution in [-0.2, 0) is 22.9 Å². The number of nitrogens with one attached hydrogen (secondary N) is 1. The van der Waals surface area contributed by atoms with Crippen LogP contribution in [0.5, 0.6) is 11.5 Å². The largest absolute Gasteiger partial charge is 0.493 e. The second kappa shape index (κ2) is 5.72. The fourth-order valence-corrected chi connectivity index (χ4v) is 4.93. The number of fused-ring (bicyclic) bond motifs is 2. The molecule has 24 heavy (non-hydrogen) atoms. The van der Waals surface area contributed by atoms with Gasteiger partial charge in [0.25, 0.3) is 10.0 Å². The van der Waals surface area contributed by atoms with E-state index in [9.17, 15) is 8.42 Å². The third-order valence-electron chi connectivity index (χ3n) is 4.07. The second-order valence-corrected chi connectivity index (χ2v) is 7.98. The number of ether oxygens (including phenoxy) is 2. The molecule has 2 aromatic carbocycles. The lowest BCUT2D eigenvalue weighted by Crippen LogP contribution is -2.16. The Balaban J connectivity index is 1.85. The van der Waals surface area contributed by atoms with Crippen LogP contribution in [0.2, 0.25) is 10.0 Å². The number of sulfonamides is 1. The molecule has 0 atom stereocenters. The van der Waals surface area contributed by atoms with Crippen LogP contribution in [0.4, 0.5) is 5.69 Å². The quantitative estimate of drug-likeness (QED) is 0.875. The van der Waals surface area contributed by atoms with E-state index in [4.69, 9.17) is 32.7 Å². The topological polar surface area (TPSA) is 64.6 Å². The van der Waals surface area contributed by atoms with Gasteiger partial charge < -0.3 is 9.47 Å². The number of hydrogen-bond donors (Lipinski definition) is 1. The van der Waals surface area contributed by atoms with E-state index in [-0.39, 0.29) is 20.6 Å². The number of rotatable bonds is 3. The van der Waals surface area contributed by atoms with Crippen LogP contribution in [0.3, 0.4) is 0 Å². The fourth-order valence-electron chi connectivity index (χ4n) is 3.00. The summed E-state index contributed by atoms with van der Waals surface area (Å²) in [6, 6.07) is 6.66. The van der Waals surface area contributed by atoms with Crippen LogP contribution >= 0.6 is 23.2 Å². The first kappa shape index (κ1) is 15.9. The van der Waals surface area contributed by atoms with Crippen LogP contribution < -0.4 is 14.2 Å². The molecule has 0 aliphatic carbocycles. The summed E-state index contributed by atoms with van der Waals surface area (Å²) in [5, 5.41) is 0.434. The third-order valence-corrected chi connectivity index (χ3v) is 6.34. The van der Waals surface area contributed by atoms with E-state index in [0.717, 1.165) is 5.56 Å². The Morgan fingerprint density at radius 2 is 1.88 bits per heavy atom. The van der Waals surface area contributed by atoms with Crippen LogP contribution in [0, 0.1) is 0 Å². The number of anilines is 1. The van der Waals surface area contributed by atoms with E-state index in [1.807, 2.05) is 6.07 Å². The van der Waals surface area contributed by atoms with Crippen molar-refractivity contribution in [2.24, 2.45) is 0 Å². The highest BCUT2D eigenvalue weighted by Crippen LogP contribution is 2.44. The van der Waals surface area contributed by atoms with Crippen LogP contribution in [0.1, 0.15) is 11.1 Å². The van der Waals surface area contributed by atoms with E-state index in [1.54, 1.807) is 18.2 Å². The van der Waals surface area contributed by atoms with Crippen molar-refractivity contribution in [3.8, 4) is 11.5 Å². The predicted molar refractivity (Wildman–Crippen MR) is 92.1 cm³/mol. The molecule has 0 amide bonds. The van der Waals surface area contributed by atoms with Crippen LogP contribution in [0.15, 0.2) is 29.2 Å². The lowest BCUT2D eigenvalue weighted by Gasteiger charge is -2.15. The Morgan fingerprint density at radius 1 is 1.08 bits per heavy atom. The van der Waals surface area contributed by atoms with Gasteiger partial charge >= 0.3 is 0 Å². The summed E-state index contributed by atoms with van der Waals surface area (Å²) in [6.07, 6.45) is 1.18. The third kappa shape index (κ3) is 2.49. The van der Waals surface area contributed by atoms with Crippen molar-refractivity contribution in [2.75, 3.05) is 17.9 Å². The maximum Gasteiger partial charge on any atom is 0.266 e. The Morgan fingerprint density at radius 3 is 2.71 bits per heavy atom. The molecule has 2 aromatic rings. The van der Waals surface area contributed by atoms with Gasteiger partial charge in [-0.25, -0.2) is 8.42 Å². The zero-order chi connectivity index (χ0) is 16.9. The van der Waals surface area contributed by atoms with Gasteiger partial charge in [0.05, 0.1) is 28.9 Å². The lowest BCUT2D eigenvalue weighted by atomic mass is 10.1. The zero-order valence-corrected chi connectivity index (χ0v) is 14.8. The van der Waals surface area contributed by atoms with Gasteiger partial charge in [0.2, 0.25) is 0 Å². The SMILES string of the molecule is O=S(=O)(Nc1cccc(Cl)c1Cl)c1c2c(cc3c1OCC3)OCC2. The van der Waals surface area contributed by atoms with Crippen molar-refractivity contribution < 1.29 is 17.9 Å². The summed E-state index contributed by atoms with van der Waals surface area (Å²) < 4.78 is 39.8. The van der Waals surface area contributed by atoms with Crippen molar-refractivity contribution in [3.05, 3.63) is 45.4 Å². The molecule has 0 saturated carbocycles. The predicted octanol–water partition coefficient (Wildman–Crippen LogP) is 3.66. The standard InChI is InChI=1S/C16H13Cl2NO4S/c17-11-2-1-3-12(14(11)18)19-24(20,21)16-10-5-7-22-13(10)8-9-4-6-23-15(9)16/h1-3,8,19H,4-7H2. The first-order valence-corrected chi connectivity index (χ1v) is 9.62. The van der Waals surface area contributed by atoms with Crippen molar-refractivity contribution in [2.45, 2.75) is 17.7 Å². The monoisotopic (exact) mass is 385 g/mol. The molecule has 1 N–H and O–H groups in total. The van der Waals surface area contributed by atoms with E-state index in [2.05, 4.69) is 4.72 Å². The molecular weight excluding hydrogens is 373 g/mol. The highest BCUT2D eigenvalue weighted by Gasteiger charge is 2.34. The molecule has 0 bridgehead atoms. The Hall–Kier alpha value is -1.63. The maximum atomic E-state index is 13.0. The van der Waals surface area contributed by atoms with Crippen LogP contribution in [0.25, 0.3) is 0 Å². The summed E-state index contributed by atoms with van der Waals surface area (Å²) in [5.74, 6) is 1.02. The molecule has 4 rings (SSSR count). The number of hydrogen-bond acceptors (Lipinski definition) is 4. The lowest BCUT2D eigenvalue weighted by molar-refractivity contribution is 0.348. The molecule has 8 heteroatoms. The first-order valence-electron chi connectivity index (χ1n) is 7.38. The van der Waals surface area contributed by atoms with Gasteiger partial charge in [-0.15, -0.1) is 0 Å². The molecule has 2 aliphatic rings. The number of benzene rings is 2. The van der Waals surface area contributed by atoms with E-state index >= 15 is 0 Å². The van der Waals surface area contributed by atoms with Crippen molar-refractivity contribution in [1.82, 2.24) is 0 Å². The Kier molecular flexibility index (Phi) is 3.78. The average Bonchev–Trinajstić information content (AvgIpc) is 3.17. The molecule has 0 aromatic heterocycles. The van der Waals surface area contributed by atoms with Gasteiger partial charge in [-0.05, 0) is 18.2 Å². The molecular formula is C16H13Cl2NO4S. The molecule has 0 fully saturated rings. The highest BCUT2D eigenvalue weighted by molar-refractivity contribution is 7.93. The van der Waals surface area contributed by atoms with Crippen molar-refractivity contribution >= 4 is 38.9 Å². The summed E-state index contributed by atoms with van der Waals surface area (Å²) in [5.41, 5.74) is 1.71. The smallest absolute Gasteiger partial charge is 0.266 e. The molecule has 126 valence electrons. The molecule has 2 aliphatic heterocycles. The molecule has 5 nitrogen and oxygen atoms in total. The molecule has 2 heterocycles. The summed E-state index contributed by atoms with van der Waals surface area (Å²) in [4.78, 5) is 0.140.